The number of nitrogens with one attached hydrogen (secondary N) is 1. The van der Waals surface area contributed by atoms with E-state index in [1.165, 1.54) is 13.0 Å². The highest BCUT2D eigenvalue weighted by atomic mass is 35.5. The van der Waals surface area contributed by atoms with Gasteiger partial charge in [-0.05, 0) is 31.0 Å². The summed E-state index contributed by atoms with van der Waals surface area (Å²) in [6.07, 6.45) is 0. The molecule has 0 spiro atoms. The maximum absolute atomic E-state index is 11.0. The summed E-state index contributed by atoms with van der Waals surface area (Å²) >= 11 is 6.11. The van der Waals surface area contributed by atoms with Crippen molar-refractivity contribution < 1.29 is 14.7 Å². The fraction of sp³-hybridized carbons (Fsp3) is 0.333. The van der Waals surface area contributed by atoms with Crippen LogP contribution in [-0.2, 0) is 4.79 Å². The van der Waals surface area contributed by atoms with Crippen molar-refractivity contribution in [3.05, 3.63) is 33.8 Å². The first-order valence-electron chi connectivity index (χ1n) is 5.14. The number of carboxylic acids is 1. The highest BCUT2D eigenvalue weighted by molar-refractivity contribution is 6.32. The zero-order valence-corrected chi connectivity index (χ0v) is 10.6. The Morgan fingerprint density at radius 2 is 2.00 bits per heavy atom. The van der Waals surface area contributed by atoms with E-state index in [0.29, 0.717) is 16.1 Å². The van der Waals surface area contributed by atoms with Gasteiger partial charge in [-0.3, -0.25) is 4.79 Å². The van der Waals surface area contributed by atoms with Crippen LogP contribution in [0.2, 0.25) is 5.02 Å². The van der Waals surface area contributed by atoms with Crippen molar-refractivity contribution in [2.24, 2.45) is 0 Å². The molecule has 2 N–H and O–H groups in total. The number of aromatic carboxylic acids is 1. The minimum Gasteiger partial charge on any atom is -0.478 e. The number of carbonyl (C=O) groups is 2. The molecule has 1 amide bonds. The standard InChI is InChI=1S/C12H14ClNO3/c1-6-9(12(16)17)4-5-10(11(6)13)7(2)14-8(3)15/h4-5,7H,1-3H3,(H,14,15)(H,16,17). The van der Waals surface area contributed by atoms with Crippen LogP contribution in [0, 0.1) is 6.92 Å². The highest BCUT2D eigenvalue weighted by Crippen LogP contribution is 2.28. The first-order chi connectivity index (χ1) is 7.84. The molecule has 5 heteroatoms. The molecule has 0 saturated heterocycles. The molecular weight excluding hydrogens is 242 g/mol. The first-order valence-corrected chi connectivity index (χ1v) is 5.51. The Kier molecular flexibility index (Phi) is 4.12. The number of carbonyl (C=O) groups excluding carboxylic acids is 1. The molecule has 0 aromatic heterocycles. The van der Waals surface area contributed by atoms with E-state index in [2.05, 4.69) is 5.32 Å². The molecule has 0 saturated carbocycles. The van der Waals surface area contributed by atoms with Crippen LogP contribution in [-0.4, -0.2) is 17.0 Å². The van der Waals surface area contributed by atoms with Gasteiger partial charge in [-0.2, -0.15) is 0 Å². The van der Waals surface area contributed by atoms with Crippen molar-refractivity contribution >= 4 is 23.5 Å². The topological polar surface area (TPSA) is 66.4 Å². The average Bonchev–Trinajstić information content (AvgIpc) is 2.20. The van der Waals surface area contributed by atoms with Crippen molar-refractivity contribution in [3.63, 3.8) is 0 Å². The van der Waals surface area contributed by atoms with Gasteiger partial charge in [0.05, 0.1) is 11.6 Å². The number of rotatable bonds is 3. The van der Waals surface area contributed by atoms with E-state index in [1.807, 2.05) is 0 Å². The lowest BCUT2D eigenvalue weighted by molar-refractivity contribution is -0.119. The molecule has 1 atom stereocenters. The Morgan fingerprint density at radius 1 is 1.41 bits per heavy atom. The van der Waals surface area contributed by atoms with Crippen LogP contribution in [0.4, 0.5) is 0 Å². The van der Waals surface area contributed by atoms with Crippen molar-refractivity contribution in [1.82, 2.24) is 5.32 Å². The van der Waals surface area contributed by atoms with Crippen molar-refractivity contribution in [3.8, 4) is 0 Å². The second-order valence-corrected chi connectivity index (χ2v) is 4.25. The molecule has 0 aliphatic carbocycles. The Bertz CT molecular complexity index is 471. The van der Waals surface area contributed by atoms with Gasteiger partial charge < -0.3 is 10.4 Å². The number of carboxylic acid groups (broad SMARTS) is 1. The molecule has 0 aliphatic rings. The summed E-state index contributed by atoms with van der Waals surface area (Å²) in [4.78, 5) is 21.9. The number of hydrogen-bond acceptors (Lipinski definition) is 2. The van der Waals surface area contributed by atoms with Crippen molar-refractivity contribution in [2.45, 2.75) is 26.8 Å². The quantitative estimate of drug-likeness (QED) is 0.872. The molecule has 1 aromatic carbocycles. The smallest absolute Gasteiger partial charge is 0.336 e. The number of amides is 1. The highest BCUT2D eigenvalue weighted by Gasteiger charge is 2.16. The predicted octanol–water partition coefficient (Wildman–Crippen LogP) is 2.54. The molecule has 0 radical (unpaired) electrons. The van der Waals surface area contributed by atoms with E-state index in [9.17, 15) is 9.59 Å². The van der Waals surface area contributed by atoms with Gasteiger partial charge in [0.2, 0.25) is 5.91 Å². The van der Waals surface area contributed by atoms with E-state index < -0.39 is 5.97 Å². The van der Waals surface area contributed by atoms with Gasteiger partial charge in [0.1, 0.15) is 0 Å². The third-order valence-corrected chi connectivity index (χ3v) is 3.03. The zero-order chi connectivity index (χ0) is 13.2. The number of hydrogen-bond donors (Lipinski definition) is 2. The molecule has 0 aliphatic heterocycles. The van der Waals surface area contributed by atoms with Crippen LogP contribution >= 0.6 is 11.6 Å². The molecule has 17 heavy (non-hydrogen) atoms. The third kappa shape index (κ3) is 2.97. The third-order valence-electron chi connectivity index (χ3n) is 2.53. The Balaban J connectivity index is 3.16. The molecule has 1 aromatic rings. The Hall–Kier alpha value is -1.55. The second kappa shape index (κ2) is 5.19. The fourth-order valence-electron chi connectivity index (χ4n) is 1.65. The van der Waals surface area contributed by atoms with Crippen LogP contribution in [0.15, 0.2) is 12.1 Å². The molecule has 92 valence electrons. The Labute approximate surface area is 105 Å². The summed E-state index contributed by atoms with van der Waals surface area (Å²) in [5, 5.41) is 12.0. The minimum absolute atomic E-state index is 0.159. The lowest BCUT2D eigenvalue weighted by Gasteiger charge is -2.16. The van der Waals surface area contributed by atoms with E-state index in [0.717, 1.165) is 0 Å². The van der Waals surface area contributed by atoms with E-state index in [1.54, 1.807) is 19.9 Å². The molecule has 4 nitrogen and oxygen atoms in total. The van der Waals surface area contributed by atoms with Gasteiger partial charge in [0.15, 0.2) is 0 Å². The van der Waals surface area contributed by atoms with Gasteiger partial charge in [0, 0.05) is 11.9 Å². The molecule has 0 bridgehead atoms. The summed E-state index contributed by atoms with van der Waals surface area (Å²) in [5.41, 5.74) is 1.40. The summed E-state index contributed by atoms with van der Waals surface area (Å²) in [6, 6.07) is 2.87. The van der Waals surface area contributed by atoms with E-state index >= 15 is 0 Å². The largest absolute Gasteiger partial charge is 0.478 e. The summed E-state index contributed by atoms with van der Waals surface area (Å²) < 4.78 is 0. The van der Waals surface area contributed by atoms with Gasteiger partial charge in [-0.1, -0.05) is 17.7 Å². The summed E-state index contributed by atoms with van der Waals surface area (Å²) in [5.74, 6) is -1.17. The van der Waals surface area contributed by atoms with Gasteiger partial charge in [-0.25, -0.2) is 4.79 Å². The van der Waals surface area contributed by atoms with E-state index in [4.69, 9.17) is 16.7 Å². The lowest BCUT2D eigenvalue weighted by atomic mass is 10.0. The van der Waals surface area contributed by atoms with E-state index in [-0.39, 0.29) is 17.5 Å². The second-order valence-electron chi connectivity index (χ2n) is 3.87. The zero-order valence-electron chi connectivity index (χ0n) is 9.87. The van der Waals surface area contributed by atoms with Gasteiger partial charge in [-0.15, -0.1) is 0 Å². The van der Waals surface area contributed by atoms with Crippen molar-refractivity contribution in [2.75, 3.05) is 0 Å². The molecule has 0 fully saturated rings. The number of halogens is 1. The van der Waals surface area contributed by atoms with Crippen LogP contribution in [0.25, 0.3) is 0 Å². The van der Waals surface area contributed by atoms with Crippen LogP contribution < -0.4 is 5.32 Å². The molecule has 0 heterocycles. The SMILES string of the molecule is CC(=O)NC(C)c1ccc(C(=O)O)c(C)c1Cl. The maximum Gasteiger partial charge on any atom is 0.336 e. The van der Waals surface area contributed by atoms with Gasteiger partial charge >= 0.3 is 5.97 Å². The van der Waals surface area contributed by atoms with Crippen molar-refractivity contribution in [1.29, 1.82) is 0 Å². The molecule has 1 unspecified atom stereocenters. The minimum atomic E-state index is -1.01. The fourth-order valence-corrected chi connectivity index (χ4v) is 1.98. The van der Waals surface area contributed by atoms with Gasteiger partial charge in [0.25, 0.3) is 0 Å². The van der Waals surface area contributed by atoms with Crippen LogP contribution in [0.5, 0.6) is 0 Å². The number of benzene rings is 1. The predicted molar refractivity (Wildman–Crippen MR) is 65.4 cm³/mol. The summed E-state index contributed by atoms with van der Waals surface area (Å²) in [7, 11) is 0. The Morgan fingerprint density at radius 3 is 2.47 bits per heavy atom. The monoisotopic (exact) mass is 255 g/mol. The average molecular weight is 256 g/mol. The molecule has 1 rings (SSSR count). The molecular formula is C12H14ClNO3. The summed E-state index contributed by atoms with van der Waals surface area (Å²) in [6.45, 7) is 4.86. The van der Waals surface area contributed by atoms with Crippen LogP contribution in [0.1, 0.15) is 41.4 Å². The lowest BCUT2D eigenvalue weighted by Crippen LogP contribution is -2.24. The normalized spacial score (nSPS) is 12.0. The maximum atomic E-state index is 11.0. The first kappa shape index (κ1) is 13.5. The van der Waals surface area contributed by atoms with Crippen LogP contribution in [0.3, 0.4) is 0 Å².